The molecule has 2 aromatic carbocycles. The minimum absolute atomic E-state index is 0.0809. The Morgan fingerprint density at radius 2 is 2.03 bits per heavy atom. The number of likely N-dealkylation sites (N-methyl/N-ethyl adjacent to an activating group) is 1. The second kappa shape index (κ2) is 10.2. The quantitative estimate of drug-likeness (QED) is 0.349. The van der Waals surface area contributed by atoms with Crippen molar-refractivity contribution in [2.75, 3.05) is 39.7 Å². The zero-order valence-corrected chi connectivity index (χ0v) is 20.7. The van der Waals surface area contributed by atoms with Crippen LogP contribution in [-0.2, 0) is 6.54 Å². The summed E-state index contributed by atoms with van der Waals surface area (Å²) in [5, 5.41) is 7.47. The Kier molecular flexibility index (Phi) is 6.73. The Hall–Kier alpha value is -4.11. The Labute approximate surface area is 209 Å². The molecule has 1 atom stereocenters. The first kappa shape index (κ1) is 23.6. The molecule has 4 aromatic rings. The van der Waals surface area contributed by atoms with Crippen molar-refractivity contribution in [2.45, 2.75) is 19.0 Å². The molecule has 36 heavy (non-hydrogen) atoms. The van der Waals surface area contributed by atoms with E-state index < -0.39 is 0 Å². The number of fused-ring (bicyclic) bond motifs is 1. The van der Waals surface area contributed by atoms with Crippen LogP contribution in [0.25, 0.3) is 22.3 Å². The van der Waals surface area contributed by atoms with Crippen LogP contribution in [0.2, 0.25) is 0 Å². The van der Waals surface area contributed by atoms with Crippen LogP contribution in [0.3, 0.4) is 0 Å². The summed E-state index contributed by atoms with van der Waals surface area (Å²) in [4.78, 5) is 27.4. The summed E-state index contributed by atoms with van der Waals surface area (Å²) < 4.78 is 10.9. The van der Waals surface area contributed by atoms with E-state index in [9.17, 15) is 4.79 Å². The van der Waals surface area contributed by atoms with Crippen molar-refractivity contribution in [1.29, 1.82) is 0 Å². The molecule has 9 nitrogen and oxygen atoms in total. The van der Waals surface area contributed by atoms with E-state index in [0.717, 1.165) is 53.1 Å². The molecule has 0 bridgehead atoms. The number of carbonyl (C=O) groups excluding carboxylic acids is 1. The molecule has 3 heterocycles. The number of benzene rings is 2. The molecule has 9 heteroatoms. The fraction of sp³-hybridized carbons (Fsp3) is 0.296. The molecule has 0 saturated carbocycles. The monoisotopic (exact) mass is 486 g/mol. The van der Waals surface area contributed by atoms with Gasteiger partial charge in [0, 0.05) is 41.2 Å². The molecule has 1 fully saturated rings. The van der Waals surface area contributed by atoms with Gasteiger partial charge in [-0.15, -0.1) is 0 Å². The van der Waals surface area contributed by atoms with Crippen molar-refractivity contribution in [2.24, 2.45) is 0 Å². The third-order valence-corrected chi connectivity index (χ3v) is 6.47. The highest BCUT2D eigenvalue weighted by molar-refractivity contribution is 5.95. The molecule has 1 aliphatic heterocycles. The van der Waals surface area contributed by atoms with E-state index in [-0.39, 0.29) is 11.9 Å². The van der Waals surface area contributed by atoms with Crippen LogP contribution in [0.4, 0.5) is 5.82 Å². The van der Waals surface area contributed by atoms with Crippen molar-refractivity contribution >= 4 is 22.6 Å². The van der Waals surface area contributed by atoms with Gasteiger partial charge in [-0.05, 0) is 56.4 Å². The molecule has 1 amide bonds. The number of carbonyl (C=O) groups is 1. The predicted octanol–water partition coefficient (Wildman–Crippen LogP) is 3.69. The summed E-state index contributed by atoms with van der Waals surface area (Å²) in [6.45, 7) is 2.34. The van der Waals surface area contributed by atoms with Gasteiger partial charge in [0.05, 0.1) is 32.3 Å². The summed E-state index contributed by atoms with van der Waals surface area (Å²) in [5.74, 6) is 2.01. The highest BCUT2D eigenvalue weighted by Gasteiger charge is 2.22. The van der Waals surface area contributed by atoms with Gasteiger partial charge < -0.3 is 30.0 Å². The van der Waals surface area contributed by atoms with Crippen LogP contribution in [0, 0.1) is 0 Å². The largest absolute Gasteiger partial charge is 0.497 e. The molecular formula is C27H30N6O3. The summed E-state index contributed by atoms with van der Waals surface area (Å²) >= 11 is 0. The van der Waals surface area contributed by atoms with E-state index >= 15 is 0 Å². The number of H-pyrrole nitrogens is 1. The van der Waals surface area contributed by atoms with Crippen molar-refractivity contribution in [3.63, 3.8) is 0 Å². The van der Waals surface area contributed by atoms with E-state index in [1.54, 1.807) is 32.7 Å². The minimum Gasteiger partial charge on any atom is -0.497 e. The van der Waals surface area contributed by atoms with Gasteiger partial charge in [-0.1, -0.05) is 6.07 Å². The molecule has 1 aliphatic rings. The first-order valence-electron chi connectivity index (χ1n) is 11.9. The van der Waals surface area contributed by atoms with Crippen LogP contribution >= 0.6 is 0 Å². The van der Waals surface area contributed by atoms with Gasteiger partial charge in [0.25, 0.3) is 5.91 Å². The SMILES string of the molecule is COc1ccc2[nH]c(-c3cncc(NCc4ccc(C(=O)NC5CCN(C)C5)cc4OC)n3)cc2c1. The lowest BCUT2D eigenvalue weighted by Crippen LogP contribution is -2.36. The summed E-state index contributed by atoms with van der Waals surface area (Å²) in [6.07, 6.45) is 4.37. The number of hydrogen-bond donors (Lipinski definition) is 3. The number of anilines is 1. The number of aromatic amines is 1. The molecule has 1 unspecified atom stereocenters. The topological polar surface area (TPSA) is 104 Å². The van der Waals surface area contributed by atoms with Crippen molar-refractivity contribution in [1.82, 2.24) is 25.2 Å². The summed E-state index contributed by atoms with van der Waals surface area (Å²) in [5.41, 5.74) is 4.10. The number of nitrogens with zero attached hydrogens (tertiary/aromatic N) is 3. The van der Waals surface area contributed by atoms with E-state index in [1.165, 1.54) is 0 Å². The summed E-state index contributed by atoms with van der Waals surface area (Å²) in [6, 6.07) is 13.6. The zero-order valence-electron chi connectivity index (χ0n) is 20.7. The van der Waals surface area contributed by atoms with E-state index in [0.29, 0.717) is 23.7 Å². The van der Waals surface area contributed by atoms with Crippen LogP contribution in [0.1, 0.15) is 22.3 Å². The van der Waals surface area contributed by atoms with E-state index in [4.69, 9.17) is 14.5 Å². The highest BCUT2D eigenvalue weighted by atomic mass is 16.5. The Morgan fingerprint density at radius 1 is 1.14 bits per heavy atom. The molecule has 2 aromatic heterocycles. The maximum atomic E-state index is 12.7. The van der Waals surface area contributed by atoms with Gasteiger partial charge in [-0.2, -0.15) is 0 Å². The van der Waals surface area contributed by atoms with Crippen LogP contribution < -0.4 is 20.1 Å². The lowest BCUT2D eigenvalue weighted by atomic mass is 10.1. The van der Waals surface area contributed by atoms with Crippen LogP contribution in [0.5, 0.6) is 11.5 Å². The predicted molar refractivity (Wildman–Crippen MR) is 140 cm³/mol. The zero-order chi connectivity index (χ0) is 25.1. The summed E-state index contributed by atoms with van der Waals surface area (Å²) in [7, 11) is 5.33. The fourth-order valence-corrected chi connectivity index (χ4v) is 4.50. The van der Waals surface area contributed by atoms with Gasteiger partial charge >= 0.3 is 0 Å². The third kappa shape index (κ3) is 5.11. The maximum Gasteiger partial charge on any atom is 0.251 e. The fourth-order valence-electron chi connectivity index (χ4n) is 4.50. The Balaban J connectivity index is 1.27. The molecular weight excluding hydrogens is 456 g/mol. The lowest BCUT2D eigenvalue weighted by molar-refractivity contribution is 0.0938. The number of methoxy groups -OCH3 is 2. The van der Waals surface area contributed by atoms with Gasteiger partial charge in [0.15, 0.2) is 0 Å². The average molecular weight is 487 g/mol. The first-order valence-corrected chi connectivity index (χ1v) is 11.9. The number of likely N-dealkylation sites (tertiary alicyclic amines) is 1. The average Bonchev–Trinajstić information content (AvgIpc) is 3.52. The van der Waals surface area contributed by atoms with Crippen molar-refractivity contribution in [3.8, 4) is 22.9 Å². The first-order chi connectivity index (χ1) is 17.5. The number of ether oxygens (including phenoxy) is 2. The van der Waals surface area contributed by atoms with E-state index in [1.807, 2.05) is 36.4 Å². The molecule has 0 radical (unpaired) electrons. The highest BCUT2D eigenvalue weighted by Crippen LogP contribution is 2.27. The van der Waals surface area contributed by atoms with Crippen molar-refractivity contribution in [3.05, 3.63) is 66.0 Å². The van der Waals surface area contributed by atoms with Gasteiger partial charge in [-0.25, -0.2) is 4.98 Å². The van der Waals surface area contributed by atoms with Gasteiger partial charge in [0.2, 0.25) is 0 Å². The van der Waals surface area contributed by atoms with Crippen LogP contribution in [0.15, 0.2) is 54.9 Å². The second-order valence-corrected chi connectivity index (χ2v) is 9.03. The molecule has 0 aliphatic carbocycles. The number of hydrogen-bond acceptors (Lipinski definition) is 7. The number of rotatable bonds is 8. The van der Waals surface area contributed by atoms with Crippen molar-refractivity contribution < 1.29 is 14.3 Å². The minimum atomic E-state index is -0.0809. The normalized spacial score (nSPS) is 15.7. The number of aromatic nitrogens is 3. The Bertz CT molecular complexity index is 1390. The van der Waals surface area contributed by atoms with E-state index in [2.05, 4.69) is 32.5 Å². The maximum absolute atomic E-state index is 12.7. The molecule has 1 saturated heterocycles. The second-order valence-electron chi connectivity index (χ2n) is 9.03. The molecule has 0 spiro atoms. The molecule has 3 N–H and O–H groups in total. The molecule has 186 valence electrons. The number of amides is 1. The third-order valence-electron chi connectivity index (χ3n) is 6.47. The molecule has 5 rings (SSSR count). The lowest BCUT2D eigenvalue weighted by Gasteiger charge is -2.15. The van der Waals surface area contributed by atoms with Gasteiger partial charge in [-0.3, -0.25) is 9.78 Å². The van der Waals surface area contributed by atoms with Gasteiger partial charge in [0.1, 0.15) is 23.0 Å². The number of nitrogens with one attached hydrogen (secondary N) is 3. The standard InChI is InChI=1S/C27H30N6O3/c1-33-9-8-20(16-33)30-27(34)17-4-5-18(25(12-17)36-3)13-29-26-15-28-14-24(32-26)23-11-19-10-21(35-2)6-7-22(19)31-23/h4-7,10-12,14-15,20,31H,8-9,13,16H2,1-3H3,(H,29,32)(H,30,34). The smallest absolute Gasteiger partial charge is 0.251 e. The van der Waals surface area contributed by atoms with Crippen LogP contribution in [-0.4, -0.2) is 66.2 Å². The Morgan fingerprint density at radius 3 is 2.81 bits per heavy atom.